The number of aryl methyl sites for hydroxylation is 1. The first-order chi connectivity index (χ1) is 13.3. The van der Waals surface area contributed by atoms with E-state index in [4.69, 9.17) is 0 Å². The summed E-state index contributed by atoms with van der Waals surface area (Å²) in [6, 6.07) is 19.3. The molecule has 9 heteroatoms. The predicted molar refractivity (Wildman–Crippen MR) is 106 cm³/mol. The summed E-state index contributed by atoms with van der Waals surface area (Å²) in [5.74, 6) is 0. The Morgan fingerprint density at radius 1 is 0.893 bits per heavy atom. The van der Waals surface area contributed by atoms with E-state index in [-0.39, 0.29) is 10.6 Å². The predicted octanol–water partition coefficient (Wildman–Crippen LogP) is 5.12. The molecule has 3 rings (SSSR count). The van der Waals surface area contributed by atoms with Gasteiger partial charge in [-0.15, -0.1) is 0 Å². The van der Waals surface area contributed by atoms with Gasteiger partial charge in [-0.1, -0.05) is 24.3 Å². The van der Waals surface area contributed by atoms with Crippen molar-refractivity contribution in [1.29, 1.82) is 0 Å². The van der Waals surface area contributed by atoms with Gasteiger partial charge >= 0.3 is 0 Å². The van der Waals surface area contributed by atoms with Crippen LogP contribution in [-0.2, 0) is 10.0 Å². The molecule has 3 aromatic carbocycles. The van der Waals surface area contributed by atoms with Gasteiger partial charge in [0.25, 0.3) is 15.7 Å². The van der Waals surface area contributed by atoms with Crippen molar-refractivity contribution in [3.63, 3.8) is 0 Å². The molecule has 0 bridgehead atoms. The van der Waals surface area contributed by atoms with Crippen molar-refractivity contribution in [2.24, 2.45) is 10.2 Å². The highest BCUT2D eigenvalue weighted by molar-refractivity contribution is 7.92. The van der Waals surface area contributed by atoms with E-state index >= 15 is 0 Å². The molecule has 0 fully saturated rings. The molecular weight excluding hydrogens is 380 g/mol. The number of sulfonamides is 1. The van der Waals surface area contributed by atoms with Crippen LogP contribution in [0, 0.1) is 17.0 Å². The average Bonchev–Trinajstić information content (AvgIpc) is 2.68. The smallest absolute Gasteiger partial charge is 0.273 e. The lowest BCUT2D eigenvalue weighted by atomic mass is 10.2. The molecule has 3 aromatic rings. The van der Waals surface area contributed by atoms with Crippen LogP contribution in [0.15, 0.2) is 87.9 Å². The van der Waals surface area contributed by atoms with Gasteiger partial charge in [-0.25, -0.2) is 8.42 Å². The lowest BCUT2D eigenvalue weighted by Crippen LogP contribution is -2.13. The van der Waals surface area contributed by atoms with Crippen molar-refractivity contribution >= 4 is 32.8 Å². The van der Waals surface area contributed by atoms with Gasteiger partial charge in [0.2, 0.25) is 0 Å². The highest BCUT2D eigenvalue weighted by atomic mass is 32.2. The molecule has 0 amide bonds. The summed E-state index contributed by atoms with van der Waals surface area (Å²) < 4.78 is 27.4. The summed E-state index contributed by atoms with van der Waals surface area (Å²) >= 11 is 0. The molecule has 0 unspecified atom stereocenters. The monoisotopic (exact) mass is 396 g/mol. The first kappa shape index (κ1) is 19.2. The van der Waals surface area contributed by atoms with Crippen LogP contribution in [0.1, 0.15) is 5.56 Å². The van der Waals surface area contributed by atoms with Crippen LogP contribution < -0.4 is 4.72 Å². The molecular formula is C19H16N4O4S. The van der Waals surface area contributed by atoms with Gasteiger partial charge in [0, 0.05) is 17.3 Å². The second-order valence-corrected chi connectivity index (χ2v) is 7.58. The minimum Gasteiger partial charge on any atom is -0.280 e. The van der Waals surface area contributed by atoms with Gasteiger partial charge in [-0.3, -0.25) is 14.8 Å². The standard InChI is InChI=1S/C19H16N4O4S/c1-14-7-12-18(13-19(14)23(24)25)28(26,27)22-17-10-8-16(9-11-17)21-20-15-5-3-2-4-6-15/h2-13,22H,1H3. The molecule has 0 aliphatic rings. The van der Waals surface area contributed by atoms with Crippen molar-refractivity contribution in [3.8, 4) is 0 Å². The van der Waals surface area contributed by atoms with E-state index in [1.807, 2.05) is 30.3 Å². The number of hydrogen-bond acceptors (Lipinski definition) is 6. The average molecular weight is 396 g/mol. The fourth-order valence-electron chi connectivity index (χ4n) is 2.37. The minimum atomic E-state index is -3.96. The Kier molecular flexibility index (Phi) is 5.46. The fraction of sp³-hybridized carbons (Fsp3) is 0.0526. The maximum atomic E-state index is 12.5. The van der Waals surface area contributed by atoms with Gasteiger partial charge < -0.3 is 0 Å². The van der Waals surface area contributed by atoms with Crippen LogP contribution in [0.4, 0.5) is 22.7 Å². The topological polar surface area (TPSA) is 114 Å². The van der Waals surface area contributed by atoms with E-state index in [9.17, 15) is 18.5 Å². The van der Waals surface area contributed by atoms with Gasteiger partial charge in [0.1, 0.15) is 0 Å². The summed E-state index contributed by atoms with van der Waals surface area (Å²) in [5, 5.41) is 19.2. The molecule has 0 aliphatic carbocycles. The van der Waals surface area contributed by atoms with Crippen LogP contribution >= 0.6 is 0 Å². The Bertz CT molecular complexity index is 1130. The van der Waals surface area contributed by atoms with E-state index in [1.165, 1.54) is 12.1 Å². The maximum Gasteiger partial charge on any atom is 0.273 e. The van der Waals surface area contributed by atoms with Crippen LogP contribution in [0.5, 0.6) is 0 Å². The zero-order chi connectivity index (χ0) is 20.1. The third kappa shape index (κ3) is 4.57. The molecule has 0 saturated heterocycles. The molecule has 0 spiro atoms. The molecule has 1 N–H and O–H groups in total. The number of hydrogen-bond donors (Lipinski definition) is 1. The molecule has 142 valence electrons. The van der Waals surface area contributed by atoms with Gasteiger partial charge in [-0.2, -0.15) is 10.2 Å². The summed E-state index contributed by atoms with van der Waals surface area (Å²) in [7, 11) is -3.96. The third-order valence-electron chi connectivity index (χ3n) is 3.84. The lowest BCUT2D eigenvalue weighted by Gasteiger charge is -2.08. The first-order valence-electron chi connectivity index (χ1n) is 8.20. The molecule has 0 aliphatic heterocycles. The zero-order valence-electron chi connectivity index (χ0n) is 14.8. The molecule has 0 aromatic heterocycles. The van der Waals surface area contributed by atoms with Crippen molar-refractivity contribution in [2.45, 2.75) is 11.8 Å². The summed E-state index contributed by atoms with van der Waals surface area (Å²) in [4.78, 5) is 10.2. The fourth-order valence-corrected chi connectivity index (χ4v) is 3.45. The highest BCUT2D eigenvalue weighted by Crippen LogP contribution is 2.25. The van der Waals surface area contributed by atoms with Crippen molar-refractivity contribution in [1.82, 2.24) is 0 Å². The van der Waals surface area contributed by atoms with Crippen LogP contribution in [0.3, 0.4) is 0 Å². The zero-order valence-corrected chi connectivity index (χ0v) is 15.6. The Balaban J connectivity index is 1.77. The Labute approximate surface area is 161 Å². The largest absolute Gasteiger partial charge is 0.280 e. The van der Waals surface area contributed by atoms with Gasteiger partial charge in [0.05, 0.1) is 21.2 Å². The number of nitro groups is 1. The van der Waals surface area contributed by atoms with Crippen molar-refractivity contribution in [2.75, 3.05) is 4.72 Å². The number of anilines is 1. The van der Waals surface area contributed by atoms with E-state index < -0.39 is 14.9 Å². The first-order valence-corrected chi connectivity index (χ1v) is 9.68. The molecule has 0 atom stereocenters. The number of nitro benzene ring substituents is 1. The summed E-state index contributed by atoms with van der Waals surface area (Å²) in [6.45, 7) is 1.55. The lowest BCUT2D eigenvalue weighted by molar-refractivity contribution is -0.385. The molecule has 0 saturated carbocycles. The normalized spacial score (nSPS) is 11.5. The summed E-state index contributed by atoms with van der Waals surface area (Å²) in [5.41, 5.74) is 1.70. The number of nitrogens with one attached hydrogen (secondary N) is 1. The van der Waals surface area contributed by atoms with Crippen LogP contribution in [-0.4, -0.2) is 13.3 Å². The molecule has 0 heterocycles. The van der Waals surface area contributed by atoms with Gasteiger partial charge in [0.15, 0.2) is 0 Å². The number of azo groups is 1. The van der Waals surface area contributed by atoms with E-state index in [2.05, 4.69) is 15.0 Å². The minimum absolute atomic E-state index is 0.183. The Hall–Kier alpha value is -3.59. The number of benzene rings is 3. The summed E-state index contributed by atoms with van der Waals surface area (Å²) in [6.07, 6.45) is 0. The van der Waals surface area contributed by atoms with E-state index in [1.54, 1.807) is 31.2 Å². The number of rotatable bonds is 6. The molecule has 28 heavy (non-hydrogen) atoms. The number of nitrogens with zero attached hydrogens (tertiary/aromatic N) is 3. The van der Waals surface area contributed by atoms with Crippen LogP contribution in [0.2, 0.25) is 0 Å². The molecule has 8 nitrogen and oxygen atoms in total. The van der Waals surface area contributed by atoms with Gasteiger partial charge in [-0.05, 0) is 49.4 Å². The van der Waals surface area contributed by atoms with E-state index in [0.29, 0.717) is 22.6 Å². The second-order valence-electron chi connectivity index (χ2n) is 5.89. The highest BCUT2D eigenvalue weighted by Gasteiger charge is 2.19. The molecule has 0 radical (unpaired) electrons. The second kappa shape index (κ2) is 7.97. The van der Waals surface area contributed by atoms with E-state index in [0.717, 1.165) is 6.07 Å². The Morgan fingerprint density at radius 2 is 1.50 bits per heavy atom. The quantitative estimate of drug-likeness (QED) is 0.354. The van der Waals surface area contributed by atoms with Crippen LogP contribution in [0.25, 0.3) is 0 Å². The Morgan fingerprint density at radius 3 is 2.11 bits per heavy atom. The van der Waals surface area contributed by atoms with Crippen molar-refractivity contribution < 1.29 is 13.3 Å². The third-order valence-corrected chi connectivity index (χ3v) is 5.22. The maximum absolute atomic E-state index is 12.5. The van der Waals surface area contributed by atoms with Crippen molar-refractivity contribution in [3.05, 3.63) is 88.5 Å². The SMILES string of the molecule is Cc1ccc(S(=O)(=O)Nc2ccc(N=Nc3ccccc3)cc2)cc1[N+](=O)[O-].